The second-order valence-corrected chi connectivity index (χ2v) is 4.23. The lowest BCUT2D eigenvalue weighted by molar-refractivity contribution is 0.0653. The van der Waals surface area contributed by atoms with Crippen molar-refractivity contribution in [1.29, 1.82) is 0 Å². The van der Waals surface area contributed by atoms with Crippen molar-refractivity contribution in [2.24, 2.45) is 5.92 Å². The lowest BCUT2D eigenvalue weighted by atomic mass is 9.97. The molecule has 1 aromatic heterocycles. The summed E-state index contributed by atoms with van der Waals surface area (Å²) < 4.78 is 1.38. The molecule has 0 amide bonds. The molecule has 2 atom stereocenters. The number of rotatable bonds is 4. The van der Waals surface area contributed by atoms with Crippen LogP contribution in [0, 0.1) is 5.92 Å². The molecule has 0 aliphatic carbocycles. The summed E-state index contributed by atoms with van der Waals surface area (Å²) in [5.74, 6) is 0.0591. The molecule has 0 saturated carbocycles. The highest BCUT2D eigenvalue weighted by Gasteiger charge is 2.22. The van der Waals surface area contributed by atoms with Crippen LogP contribution in [0.25, 0.3) is 0 Å². The number of hydrogen-bond donors (Lipinski definition) is 2. The number of hydrogen-bond acceptors (Lipinski definition) is 3. The van der Waals surface area contributed by atoms with Crippen molar-refractivity contribution in [3.8, 4) is 0 Å². The molecule has 18 heavy (non-hydrogen) atoms. The van der Waals surface area contributed by atoms with E-state index < -0.39 is 17.4 Å². The summed E-state index contributed by atoms with van der Waals surface area (Å²) in [6.07, 6.45) is 1.46. The van der Waals surface area contributed by atoms with E-state index in [0.717, 1.165) is 0 Å². The number of nitrogens with one attached hydrogen (secondary N) is 1. The number of H-pyrrole nitrogens is 1. The lowest BCUT2D eigenvalue weighted by Crippen LogP contribution is -2.37. The summed E-state index contributed by atoms with van der Waals surface area (Å²) in [7, 11) is 0. The molecule has 2 unspecified atom stereocenters. The number of aromatic nitrogens is 2. The maximum Gasteiger partial charge on any atom is 0.328 e. The standard InChI is InChI=1S/C11H18N2O3.C2H6/c1-4-8(10(15)7(2)3)13-6-5-9(14)12-11(13)16;1-2/h5-8,10,15H,4H2,1-3H3,(H,12,14,16);1-2H3. The van der Waals surface area contributed by atoms with Crippen molar-refractivity contribution in [3.63, 3.8) is 0 Å². The van der Waals surface area contributed by atoms with E-state index in [9.17, 15) is 14.7 Å². The molecule has 1 heterocycles. The van der Waals surface area contributed by atoms with Gasteiger partial charge in [-0.25, -0.2) is 4.79 Å². The quantitative estimate of drug-likeness (QED) is 0.858. The first-order valence-corrected chi connectivity index (χ1v) is 6.47. The Morgan fingerprint density at radius 3 is 2.28 bits per heavy atom. The highest BCUT2D eigenvalue weighted by molar-refractivity contribution is 4.88. The van der Waals surface area contributed by atoms with Gasteiger partial charge in [0, 0.05) is 12.3 Å². The second-order valence-electron chi connectivity index (χ2n) is 4.23. The van der Waals surface area contributed by atoms with Crippen LogP contribution in [0.5, 0.6) is 0 Å². The molecule has 1 rings (SSSR count). The normalized spacial score (nSPS) is 13.7. The summed E-state index contributed by atoms with van der Waals surface area (Å²) in [5.41, 5.74) is -0.894. The summed E-state index contributed by atoms with van der Waals surface area (Å²) >= 11 is 0. The fourth-order valence-electron chi connectivity index (χ4n) is 1.74. The van der Waals surface area contributed by atoms with Crippen molar-refractivity contribution in [2.75, 3.05) is 0 Å². The molecule has 0 aromatic carbocycles. The molecule has 0 bridgehead atoms. The topological polar surface area (TPSA) is 75.1 Å². The number of aliphatic hydroxyl groups is 1. The average molecular weight is 256 g/mol. The largest absolute Gasteiger partial charge is 0.391 e. The smallest absolute Gasteiger partial charge is 0.328 e. The van der Waals surface area contributed by atoms with Crippen LogP contribution in [0.15, 0.2) is 21.9 Å². The van der Waals surface area contributed by atoms with Gasteiger partial charge in [-0.15, -0.1) is 0 Å². The van der Waals surface area contributed by atoms with E-state index in [1.807, 2.05) is 34.6 Å². The van der Waals surface area contributed by atoms with Crippen molar-refractivity contribution >= 4 is 0 Å². The third-order valence-corrected chi connectivity index (χ3v) is 2.70. The lowest BCUT2D eigenvalue weighted by Gasteiger charge is -2.26. The van der Waals surface area contributed by atoms with Gasteiger partial charge in [0.05, 0.1) is 12.1 Å². The summed E-state index contributed by atoms with van der Waals surface area (Å²) in [5, 5.41) is 9.98. The van der Waals surface area contributed by atoms with E-state index in [4.69, 9.17) is 0 Å². The highest BCUT2D eigenvalue weighted by Crippen LogP contribution is 2.19. The van der Waals surface area contributed by atoms with Crippen LogP contribution >= 0.6 is 0 Å². The number of aromatic amines is 1. The van der Waals surface area contributed by atoms with E-state index in [1.54, 1.807) is 0 Å². The summed E-state index contributed by atoms with van der Waals surface area (Å²) in [4.78, 5) is 24.7. The summed E-state index contributed by atoms with van der Waals surface area (Å²) in [6.45, 7) is 9.68. The van der Waals surface area contributed by atoms with E-state index in [1.165, 1.54) is 16.8 Å². The predicted octanol–water partition coefficient (Wildman–Crippen LogP) is 1.53. The maximum absolute atomic E-state index is 11.6. The van der Waals surface area contributed by atoms with Gasteiger partial charge < -0.3 is 5.11 Å². The number of nitrogens with zero attached hydrogens (tertiary/aromatic N) is 1. The zero-order valence-electron chi connectivity index (χ0n) is 11.8. The minimum Gasteiger partial charge on any atom is -0.391 e. The number of aliphatic hydroxyl groups excluding tert-OH is 1. The average Bonchev–Trinajstić information content (AvgIpc) is 2.34. The van der Waals surface area contributed by atoms with Crippen molar-refractivity contribution < 1.29 is 5.11 Å². The molecule has 0 spiro atoms. The molecule has 0 radical (unpaired) electrons. The van der Waals surface area contributed by atoms with Crippen LogP contribution in [0.4, 0.5) is 0 Å². The first kappa shape index (κ1) is 16.6. The van der Waals surface area contributed by atoms with E-state index in [-0.39, 0.29) is 12.0 Å². The predicted molar refractivity (Wildman–Crippen MR) is 72.8 cm³/mol. The molecular weight excluding hydrogens is 232 g/mol. The Morgan fingerprint density at radius 1 is 1.33 bits per heavy atom. The molecule has 0 saturated heterocycles. The van der Waals surface area contributed by atoms with Gasteiger partial charge >= 0.3 is 5.69 Å². The van der Waals surface area contributed by atoms with Gasteiger partial charge in [-0.3, -0.25) is 14.3 Å². The molecule has 1 aromatic rings. The van der Waals surface area contributed by atoms with Crippen LogP contribution < -0.4 is 11.2 Å². The molecular formula is C13H24N2O3. The third kappa shape index (κ3) is 4.14. The van der Waals surface area contributed by atoms with E-state index in [2.05, 4.69) is 4.98 Å². The van der Waals surface area contributed by atoms with Crippen LogP contribution in [-0.2, 0) is 0 Å². The SMILES string of the molecule is CC.CCC(C(O)C(C)C)n1ccc(=O)[nH]c1=O. The first-order chi connectivity index (χ1) is 8.47. The zero-order valence-corrected chi connectivity index (χ0v) is 11.8. The fourth-order valence-corrected chi connectivity index (χ4v) is 1.74. The van der Waals surface area contributed by atoms with Crippen LogP contribution in [0.2, 0.25) is 0 Å². The Kier molecular flexibility index (Phi) is 7.27. The minimum atomic E-state index is -0.603. The Labute approximate surface area is 107 Å². The van der Waals surface area contributed by atoms with E-state index in [0.29, 0.717) is 6.42 Å². The minimum absolute atomic E-state index is 0.0591. The Morgan fingerprint density at radius 2 is 1.89 bits per heavy atom. The fraction of sp³-hybridized carbons (Fsp3) is 0.692. The van der Waals surface area contributed by atoms with E-state index >= 15 is 0 Å². The van der Waals surface area contributed by atoms with Gasteiger partial charge in [-0.1, -0.05) is 34.6 Å². The maximum atomic E-state index is 11.6. The van der Waals surface area contributed by atoms with Gasteiger partial charge in [-0.2, -0.15) is 0 Å². The van der Waals surface area contributed by atoms with Crippen molar-refractivity contribution in [1.82, 2.24) is 9.55 Å². The van der Waals surface area contributed by atoms with Gasteiger partial charge in [0.25, 0.3) is 5.56 Å². The monoisotopic (exact) mass is 256 g/mol. The van der Waals surface area contributed by atoms with Crippen LogP contribution in [0.3, 0.4) is 0 Å². The van der Waals surface area contributed by atoms with Gasteiger partial charge in [0.15, 0.2) is 0 Å². The van der Waals surface area contributed by atoms with Gasteiger partial charge in [-0.05, 0) is 12.3 Å². The Hall–Kier alpha value is -1.36. The van der Waals surface area contributed by atoms with Gasteiger partial charge in [0.2, 0.25) is 0 Å². The third-order valence-electron chi connectivity index (χ3n) is 2.70. The van der Waals surface area contributed by atoms with Crippen molar-refractivity contribution in [3.05, 3.63) is 33.1 Å². The highest BCUT2D eigenvalue weighted by atomic mass is 16.3. The first-order valence-electron chi connectivity index (χ1n) is 6.47. The second kappa shape index (κ2) is 7.87. The Balaban J connectivity index is 0.00000137. The molecule has 5 heteroatoms. The zero-order chi connectivity index (χ0) is 14.3. The van der Waals surface area contributed by atoms with Crippen LogP contribution in [-0.4, -0.2) is 20.8 Å². The van der Waals surface area contributed by atoms with Crippen LogP contribution in [0.1, 0.15) is 47.1 Å². The van der Waals surface area contributed by atoms with Crippen molar-refractivity contribution in [2.45, 2.75) is 53.2 Å². The molecule has 104 valence electrons. The summed E-state index contributed by atoms with van der Waals surface area (Å²) in [6, 6.07) is 0.987. The Bertz CT molecular complexity index is 448. The molecule has 2 N–H and O–H groups in total. The molecule has 5 nitrogen and oxygen atoms in total. The molecule has 0 aliphatic rings. The molecule has 0 fully saturated rings. The molecule has 0 aliphatic heterocycles. The van der Waals surface area contributed by atoms with Gasteiger partial charge in [0.1, 0.15) is 0 Å².